The molecule has 0 amide bonds. The van der Waals surface area contributed by atoms with Crippen molar-refractivity contribution < 1.29 is 35.5 Å². The minimum absolute atomic E-state index is 0.117. The number of hydrogen-bond acceptors (Lipinski definition) is 2. The Bertz CT molecular complexity index is 722. The normalized spacial score (nSPS) is 31.0. The average Bonchev–Trinajstić information content (AvgIpc) is 2.86. The van der Waals surface area contributed by atoms with Gasteiger partial charge in [0.1, 0.15) is 0 Å². The number of ketones is 1. The average molecular weight is 356 g/mol. The molecule has 3 aliphatic rings. The Balaban J connectivity index is 1.69. The molecule has 0 bridgehead atoms. The molecule has 24 heavy (non-hydrogen) atoms. The van der Waals surface area contributed by atoms with Crippen LogP contribution in [0.4, 0.5) is 30.7 Å². The van der Waals surface area contributed by atoms with E-state index >= 15 is 0 Å². The van der Waals surface area contributed by atoms with Gasteiger partial charge < -0.3 is 0 Å². The standard InChI is InChI=1S/C14H11F7N2O/c15-7-8(16)10(24)6-9(7)23(22-11(6)14(19,20)21)5-1-12(2-5)3-13(17,18)4-12/h5,7-8H,1-4H2/t7-,8-/m0/s1. The summed E-state index contributed by atoms with van der Waals surface area (Å²) < 4.78 is 93.4. The van der Waals surface area contributed by atoms with Gasteiger partial charge in [-0.05, 0) is 18.3 Å². The van der Waals surface area contributed by atoms with Crippen molar-refractivity contribution in [2.75, 3.05) is 0 Å². The second kappa shape index (κ2) is 4.32. The van der Waals surface area contributed by atoms with Crippen molar-refractivity contribution in [1.82, 2.24) is 9.78 Å². The third-order valence-corrected chi connectivity index (χ3v) is 5.18. The molecule has 1 spiro atoms. The van der Waals surface area contributed by atoms with Crippen LogP contribution in [0, 0.1) is 5.41 Å². The number of nitrogens with zero attached hydrogens (tertiary/aromatic N) is 2. The molecule has 1 aromatic heterocycles. The molecule has 0 aromatic carbocycles. The summed E-state index contributed by atoms with van der Waals surface area (Å²) in [6.07, 6.45) is -10.7. The van der Waals surface area contributed by atoms with Gasteiger partial charge in [0.15, 0.2) is 18.0 Å². The first-order valence-electron chi connectivity index (χ1n) is 7.34. The second-order valence-electron chi connectivity index (χ2n) is 6.99. The maximum Gasteiger partial charge on any atom is 0.435 e. The van der Waals surface area contributed by atoms with Gasteiger partial charge in [0.05, 0.1) is 17.3 Å². The molecular weight excluding hydrogens is 345 g/mol. The van der Waals surface area contributed by atoms with Crippen LogP contribution < -0.4 is 0 Å². The van der Waals surface area contributed by atoms with Crippen LogP contribution in [-0.4, -0.2) is 27.7 Å². The smallest absolute Gasteiger partial charge is 0.291 e. The van der Waals surface area contributed by atoms with Crippen LogP contribution in [0.1, 0.15) is 59.6 Å². The van der Waals surface area contributed by atoms with Gasteiger partial charge in [-0.2, -0.15) is 18.3 Å². The largest absolute Gasteiger partial charge is 0.435 e. The number of carbonyl (C=O) groups is 1. The molecule has 2 atom stereocenters. The summed E-state index contributed by atoms with van der Waals surface area (Å²) in [5, 5.41) is 3.30. The number of rotatable bonds is 1. The lowest BCUT2D eigenvalue weighted by molar-refractivity contribution is -0.205. The molecule has 4 rings (SSSR count). The number of fused-ring (bicyclic) bond motifs is 1. The van der Waals surface area contributed by atoms with E-state index in [1.165, 1.54) is 0 Å². The molecule has 1 aromatic rings. The first kappa shape index (κ1) is 15.9. The Morgan fingerprint density at radius 3 is 2.17 bits per heavy atom. The zero-order chi connectivity index (χ0) is 17.7. The Morgan fingerprint density at radius 1 is 1.08 bits per heavy atom. The number of hydrogen-bond donors (Lipinski definition) is 0. The van der Waals surface area contributed by atoms with E-state index in [9.17, 15) is 35.5 Å². The Kier molecular flexibility index (Phi) is 2.86. The SMILES string of the molecule is O=C1c2c(C(F)(F)F)nn(C3CC4(C3)CC(F)(F)C4)c2[C@@H](F)[C@@H]1F. The molecule has 132 valence electrons. The van der Waals surface area contributed by atoms with Crippen LogP contribution in [0.3, 0.4) is 0 Å². The van der Waals surface area contributed by atoms with Crippen LogP contribution in [0.2, 0.25) is 0 Å². The summed E-state index contributed by atoms with van der Waals surface area (Å²) in [7, 11) is 0. The van der Waals surface area contributed by atoms with Crippen molar-refractivity contribution in [1.29, 1.82) is 0 Å². The van der Waals surface area contributed by atoms with Crippen LogP contribution in [-0.2, 0) is 6.18 Å². The van der Waals surface area contributed by atoms with E-state index < -0.39 is 58.6 Å². The summed E-state index contributed by atoms with van der Waals surface area (Å²) in [6.45, 7) is 0. The Labute approximate surface area is 130 Å². The number of alkyl halides is 7. The van der Waals surface area contributed by atoms with Crippen LogP contribution in [0.25, 0.3) is 0 Å². The van der Waals surface area contributed by atoms with E-state index in [2.05, 4.69) is 5.10 Å². The highest BCUT2D eigenvalue weighted by atomic mass is 19.4. The fraction of sp³-hybridized carbons (Fsp3) is 0.714. The minimum Gasteiger partial charge on any atom is -0.291 e. The van der Waals surface area contributed by atoms with Crippen molar-refractivity contribution in [2.45, 2.75) is 56.2 Å². The quantitative estimate of drug-likeness (QED) is 0.707. The predicted molar refractivity (Wildman–Crippen MR) is 65.2 cm³/mol. The van der Waals surface area contributed by atoms with Crippen molar-refractivity contribution in [2.24, 2.45) is 5.41 Å². The Morgan fingerprint density at radius 2 is 1.67 bits per heavy atom. The lowest BCUT2D eigenvalue weighted by Crippen LogP contribution is -2.54. The maximum absolute atomic E-state index is 14.0. The van der Waals surface area contributed by atoms with Gasteiger partial charge in [-0.25, -0.2) is 17.6 Å². The molecule has 2 saturated carbocycles. The van der Waals surface area contributed by atoms with Gasteiger partial charge >= 0.3 is 6.18 Å². The van der Waals surface area contributed by atoms with Crippen molar-refractivity contribution in [3.05, 3.63) is 17.0 Å². The predicted octanol–water partition coefficient (Wildman–Crippen LogP) is 4.20. The fourth-order valence-electron chi connectivity index (χ4n) is 4.29. The molecule has 10 heteroatoms. The Hall–Kier alpha value is -1.61. The summed E-state index contributed by atoms with van der Waals surface area (Å²) in [6, 6.07) is -0.734. The zero-order valence-electron chi connectivity index (χ0n) is 12.0. The molecule has 0 aliphatic heterocycles. The van der Waals surface area contributed by atoms with E-state index in [4.69, 9.17) is 0 Å². The van der Waals surface area contributed by atoms with Gasteiger partial charge in [-0.15, -0.1) is 0 Å². The molecule has 2 fully saturated rings. The topological polar surface area (TPSA) is 34.9 Å². The van der Waals surface area contributed by atoms with Crippen molar-refractivity contribution >= 4 is 5.78 Å². The molecule has 0 N–H and O–H groups in total. The van der Waals surface area contributed by atoms with Crippen molar-refractivity contribution in [3.8, 4) is 0 Å². The second-order valence-corrected chi connectivity index (χ2v) is 6.99. The molecular formula is C14H11F7N2O. The van der Waals surface area contributed by atoms with E-state index in [0.717, 1.165) is 0 Å². The number of Topliss-reactive ketones (excluding diaryl/α,β-unsaturated/α-hetero) is 1. The minimum atomic E-state index is -5.03. The molecule has 3 nitrogen and oxygen atoms in total. The van der Waals surface area contributed by atoms with E-state index in [1.54, 1.807) is 0 Å². The fourth-order valence-corrected chi connectivity index (χ4v) is 4.29. The maximum atomic E-state index is 14.0. The zero-order valence-corrected chi connectivity index (χ0v) is 12.0. The van der Waals surface area contributed by atoms with Gasteiger partial charge in [-0.1, -0.05) is 0 Å². The highest BCUT2D eigenvalue weighted by molar-refractivity contribution is 6.05. The highest BCUT2D eigenvalue weighted by Gasteiger charge is 2.63. The monoisotopic (exact) mass is 356 g/mol. The van der Waals surface area contributed by atoms with E-state index in [1.807, 2.05) is 0 Å². The number of aromatic nitrogens is 2. The number of halogens is 7. The summed E-state index contributed by atoms with van der Waals surface area (Å²) in [5.41, 5.74) is -4.06. The van der Waals surface area contributed by atoms with Crippen LogP contribution in [0.5, 0.6) is 0 Å². The van der Waals surface area contributed by atoms with E-state index in [-0.39, 0.29) is 25.7 Å². The lowest BCUT2D eigenvalue weighted by atomic mass is 9.52. The van der Waals surface area contributed by atoms with Crippen LogP contribution >= 0.6 is 0 Å². The summed E-state index contributed by atoms with van der Waals surface area (Å²) >= 11 is 0. The van der Waals surface area contributed by atoms with Crippen molar-refractivity contribution in [3.63, 3.8) is 0 Å². The molecule has 0 radical (unpaired) electrons. The highest BCUT2D eigenvalue weighted by Crippen LogP contribution is 2.66. The summed E-state index contributed by atoms with van der Waals surface area (Å²) in [4.78, 5) is 11.6. The molecule has 1 heterocycles. The third kappa shape index (κ3) is 1.97. The molecule has 0 saturated heterocycles. The molecule has 3 aliphatic carbocycles. The first-order chi connectivity index (χ1) is 10.9. The van der Waals surface area contributed by atoms with Gasteiger partial charge in [0.25, 0.3) is 0 Å². The van der Waals surface area contributed by atoms with Gasteiger partial charge in [0.2, 0.25) is 11.7 Å². The number of carbonyl (C=O) groups excluding carboxylic acids is 1. The van der Waals surface area contributed by atoms with Crippen LogP contribution in [0.15, 0.2) is 0 Å². The van der Waals surface area contributed by atoms with E-state index in [0.29, 0.717) is 4.68 Å². The first-order valence-corrected chi connectivity index (χ1v) is 7.34. The van der Waals surface area contributed by atoms with Gasteiger partial charge in [0, 0.05) is 12.8 Å². The molecule has 0 unspecified atom stereocenters. The summed E-state index contributed by atoms with van der Waals surface area (Å²) in [5.74, 6) is -4.35. The third-order valence-electron chi connectivity index (χ3n) is 5.18. The lowest BCUT2D eigenvalue weighted by Gasteiger charge is -2.57. The van der Waals surface area contributed by atoms with Gasteiger partial charge in [-0.3, -0.25) is 9.48 Å².